The lowest BCUT2D eigenvalue weighted by atomic mass is 10.1. The molecule has 0 radical (unpaired) electrons. The number of hydrogen-bond donors (Lipinski definition) is 1. The van der Waals surface area contributed by atoms with E-state index in [0.717, 1.165) is 18.8 Å². The van der Waals surface area contributed by atoms with Gasteiger partial charge in [0.05, 0.1) is 0 Å². The summed E-state index contributed by atoms with van der Waals surface area (Å²) in [4.78, 5) is 6.70. The summed E-state index contributed by atoms with van der Waals surface area (Å²) in [5, 5.41) is 0. The standard InChI is InChI=1S/C14H25N3/c1-5-11(2)10-17(4)14-7-6-13(9-16-14)8-12(3)15/h6-7,9,11-12H,5,8,10,15H2,1-4H3. The lowest BCUT2D eigenvalue weighted by Gasteiger charge is -2.21. The van der Waals surface area contributed by atoms with Crippen molar-refractivity contribution in [3.63, 3.8) is 0 Å². The summed E-state index contributed by atoms with van der Waals surface area (Å²) in [5.41, 5.74) is 6.98. The molecule has 1 aromatic heterocycles. The third-order valence-electron chi connectivity index (χ3n) is 3.04. The van der Waals surface area contributed by atoms with Crippen LogP contribution in [0.2, 0.25) is 0 Å². The Morgan fingerprint density at radius 3 is 2.53 bits per heavy atom. The van der Waals surface area contributed by atoms with Crippen LogP contribution >= 0.6 is 0 Å². The Kier molecular flexibility index (Phi) is 5.42. The van der Waals surface area contributed by atoms with Crippen molar-refractivity contribution in [2.24, 2.45) is 11.7 Å². The molecule has 0 fully saturated rings. The number of nitrogens with zero attached hydrogens (tertiary/aromatic N) is 2. The molecular formula is C14H25N3. The fraction of sp³-hybridized carbons (Fsp3) is 0.643. The number of rotatable bonds is 6. The molecule has 1 heterocycles. The fourth-order valence-corrected chi connectivity index (χ4v) is 1.83. The van der Waals surface area contributed by atoms with E-state index in [1.807, 2.05) is 13.1 Å². The molecule has 0 aliphatic heterocycles. The van der Waals surface area contributed by atoms with Crippen molar-refractivity contribution in [1.29, 1.82) is 0 Å². The molecule has 0 bridgehead atoms. The summed E-state index contributed by atoms with van der Waals surface area (Å²) < 4.78 is 0. The van der Waals surface area contributed by atoms with E-state index in [1.54, 1.807) is 0 Å². The molecule has 0 aliphatic rings. The molecule has 1 aromatic rings. The van der Waals surface area contributed by atoms with Crippen molar-refractivity contribution in [3.8, 4) is 0 Å². The topological polar surface area (TPSA) is 42.1 Å². The summed E-state index contributed by atoms with van der Waals surface area (Å²) >= 11 is 0. The van der Waals surface area contributed by atoms with Gasteiger partial charge in [-0.3, -0.25) is 0 Å². The minimum atomic E-state index is 0.195. The van der Waals surface area contributed by atoms with Gasteiger partial charge in [-0.2, -0.15) is 0 Å². The highest BCUT2D eigenvalue weighted by Gasteiger charge is 2.07. The maximum atomic E-state index is 5.77. The maximum absolute atomic E-state index is 5.77. The predicted molar refractivity (Wildman–Crippen MR) is 74.3 cm³/mol. The smallest absolute Gasteiger partial charge is 0.128 e. The van der Waals surface area contributed by atoms with Crippen molar-refractivity contribution in [2.75, 3.05) is 18.5 Å². The second kappa shape index (κ2) is 6.60. The first-order valence-electron chi connectivity index (χ1n) is 6.44. The minimum absolute atomic E-state index is 0.195. The molecule has 1 rings (SSSR count). The number of nitrogens with two attached hydrogens (primary N) is 1. The van der Waals surface area contributed by atoms with E-state index in [-0.39, 0.29) is 6.04 Å². The zero-order valence-electron chi connectivity index (χ0n) is 11.5. The number of hydrogen-bond acceptors (Lipinski definition) is 3. The molecule has 0 amide bonds. The van der Waals surface area contributed by atoms with Crippen LogP contribution in [-0.2, 0) is 6.42 Å². The Hall–Kier alpha value is -1.09. The predicted octanol–water partition coefficient (Wildman–Crippen LogP) is 2.45. The van der Waals surface area contributed by atoms with Crippen molar-refractivity contribution >= 4 is 5.82 Å². The van der Waals surface area contributed by atoms with Crippen LogP contribution in [0.15, 0.2) is 18.3 Å². The second-order valence-electron chi connectivity index (χ2n) is 5.10. The van der Waals surface area contributed by atoms with Gasteiger partial charge in [0.25, 0.3) is 0 Å². The van der Waals surface area contributed by atoms with Gasteiger partial charge in [0.2, 0.25) is 0 Å². The van der Waals surface area contributed by atoms with Gasteiger partial charge >= 0.3 is 0 Å². The Bertz CT molecular complexity index is 319. The van der Waals surface area contributed by atoms with E-state index in [1.165, 1.54) is 12.0 Å². The molecule has 0 saturated heterocycles. The first-order valence-corrected chi connectivity index (χ1v) is 6.44. The lowest BCUT2D eigenvalue weighted by molar-refractivity contribution is 0.557. The molecule has 3 nitrogen and oxygen atoms in total. The van der Waals surface area contributed by atoms with Crippen LogP contribution in [0.3, 0.4) is 0 Å². The summed E-state index contributed by atoms with van der Waals surface area (Å²) in [6.07, 6.45) is 4.03. The quantitative estimate of drug-likeness (QED) is 0.823. The van der Waals surface area contributed by atoms with Crippen molar-refractivity contribution in [2.45, 2.75) is 39.7 Å². The SMILES string of the molecule is CCC(C)CN(C)c1ccc(CC(C)N)cn1. The van der Waals surface area contributed by atoms with E-state index in [0.29, 0.717) is 5.92 Å². The van der Waals surface area contributed by atoms with Crippen LogP contribution in [-0.4, -0.2) is 24.6 Å². The molecule has 3 heteroatoms. The van der Waals surface area contributed by atoms with Crippen LogP contribution in [0.5, 0.6) is 0 Å². The Morgan fingerprint density at radius 1 is 1.35 bits per heavy atom. The van der Waals surface area contributed by atoms with E-state index in [2.05, 4.69) is 42.9 Å². The average Bonchev–Trinajstić information content (AvgIpc) is 2.28. The Balaban J connectivity index is 2.60. The highest BCUT2D eigenvalue weighted by molar-refractivity contribution is 5.38. The Labute approximate surface area is 105 Å². The zero-order valence-corrected chi connectivity index (χ0v) is 11.5. The minimum Gasteiger partial charge on any atom is -0.359 e. The molecule has 0 aliphatic carbocycles. The zero-order chi connectivity index (χ0) is 12.8. The number of aromatic nitrogens is 1. The largest absolute Gasteiger partial charge is 0.359 e. The fourth-order valence-electron chi connectivity index (χ4n) is 1.83. The lowest BCUT2D eigenvalue weighted by Crippen LogP contribution is -2.24. The van der Waals surface area contributed by atoms with Gasteiger partial charge in [-0.25, -0.2) is 4.98 Å². The van der Waals surface area contributed by atoms with Crippen LogP contribution in [0.1, 0.15) is 32.8 Å². The van der Waals surface area contributed by atoms with Crippen molar-refractivity contribution in [3.05, 3.63) is 23.9 Å². The first kappa shape index (κ1) is 14.0. The summed E-state index contributed by atoms with van der Waals surface area (Å²) in [6.45, 7) is 7.55. The van der Waals surface area contributed by atoms with Crippen molar-refractivity contribution < 1.29 is 0 Å². The summed E-state index contributed by atoms with van der Waals surface area (Å²) in [7, 11) is 2.10. The number of pyridine rings is 1. The molecule has 0 aromatic carbocycles. The van der Waals surface area contributed by atoms with E-state index < -0.39 is 0 Å². The molecule has 96 valence electrons. The van der Waals surface area contributed by atoms with E-state index in [9.17, 15) is 0 Å². The molecule has 17 heavy (non-hydrogen) atoms. The van der Waals surface area contributed by atoms with Gasteiger partial charge in [0.1, 0.15) is 5.82 Å². The number of anilines is 1. The van der Waals surface area contributed by atoms with Gasteiger partial charge < -0.3 is 10.6 Å². The van der Waals surface area contributed by atoms with E-state index >= 15 is 0 Å². The third-order valence-corrected chi connectivity index (χ3v) is 3.04. The molecule has 0 spiro atoms. The van der Waals surface area contributed by atoms with Gasteiger partial charge in [-0.05, 0) is 30.9 Å². The van der Waals surface area contributed by atoms with Gasteiger partial charge in [-0.15, -0.1) is 0 Å². The van der Waals surface area contributed by atoms with Crippen LogP contribution in [0.25, 0.3) is 0 Å². The molecule has 2 N–H and O–H groups in total. The summed E-state index contributed by atoms with van der Waals surface area (Å²) in [5.74, 6) is 1.74. The monoisotopic (exact) mass is 235 g/mol. The highest BCUT2D eigenvalue weighted by Crippen LogP contribution is 2.13. The molecule has 0 saturated carbocycles. The normalized spacial score (nSPS) is 14.4. The molecule has 2 unspecified atom stereocenters. The van der Waals surface area contributed by atoms with Gasteiger partial charge in [-0.1, -0.05) is 26.3 Å². The molecular weight excluding hydrogens is 210 g/mol. The molecule has 2 atom stereocenters. The summed E-state index contributed by atoms with van der Waals surface area (Å²) in [6, 6.07) is 4.40. The first-order chi connectivity index (χ1) is 8.02. The van der Waals surface area contributed by atoms with E-state index in [4.69, 9.17) is 5.73 Å². The maximum Gasteiger partial charge on any atom is 0.128 e. The van der Waals surface area contributed by atoms with Crippen LogP contribution in [0.4, 0.5) is 5.82 Å². The van der Waals surface area contributed by atoms with Crippen LogP contribution in [0, 0.1) is 5.92 Å². The Morgan fingerprint density at radius 2 is 2.06 bits per heavy atom. The highest BCUT2D eigenvalue weighted by atomic mass is 15.2. The van der Waals surface area contributed by atoms with Crippen LogP contribution < -0.4 is 10.6 Å². The van der Waals surface area contributed by atoms with Crippen molar-refractivity contribution in [1.82, 2.24) is 4.98 Å². The third kappa shape index (κ3) is 4.73. The average molecular weight is 235 g/mol. The van der Waals surface area contributed by atoms with Gasteiger partial charge in [0, 0.05) is 25.8 Å². The second-order valence-corrected chi connectivity index (χ2v) is 5.10. The van der Waals surface area contributed by atoms with Gasteiger partial charge in [0.15, 0.2) is 0 Å².